The number of urea groups is 1. The summed E-state index contributed by atoms with van der Waals surface area (Å²) >= 11 is 3.19. The third-order valence-electron chi connectivity index (χ3n) is 2.31. The Kier molecular flexibility index (Phi) is 5.00. The van der Waals surface area contributed by atoms with E-state index in [1.165, 1.54) is 22.4 Å². The lowest BCUT2D eigenvalue weighted by molar-refractivity contribution is 0.193. The van der Waals surface area contributed by atoms with Crippen LogP contribution in [0.4, 0.5) is 4.79 Å². The van der Waals surface area contributed by atoms with Gasteiger partial charge in [0.05, 0.1) is 4.24 Å². The molecule has 19 heavy (non-hydrogen) atoms. The SMILES string of the molecule is CN(C)C(=O)NN1NC=C(SCc2ccccc2)S1. The molecule has 2 N–H and O–H groups in total. The number of amides is 2. The second-order valence-corrected chi connectivity index (χ2v) is 6.33. The molecule has 0 unspecified atom stereocenters. The summed E-state index contributed by atoms with van der Waals surface area (Å²) in [5.74, 6) is 0.914. The van der Waals surface area contributed by atoms with Crippen LogP contribution in [0, 0.1) is 0 Å². The molecular weight excluding hydrogens is 280 g/mol. The van der Waals surface area contributed by atoms with Gasteiger partial charge in [-0.15, -0.1) is 11.8 Å². The minimum absolute atomic E-state index is 0.164. The predicted octanol–water partition coefficient (Wildman–Crippen LogP) is 2.37. The predicted molar refractivity (Wildman–Crippen MR) is 80.6 cm³/mol. The highest BCUT2D eigenvalue weighted by atomic mass is 32.2. The average Bonchev–Trinajstić information content (AvgIpc) is 2.85. The third-order valence-corrected chi connectivity index (χ3v) is 4.44. The van der Waals surface area contributed by atoms with Gasteiger partial charge >= 0.3 is 6.03 Å². The van der Waals surface area contributed by atoms with Gasteiger partial charge in [0.15, 0.2) is 0 Å². The molecule has 0 saturated heterocycles. The van der Waals surface area contributed by atoms with Crippen molar-refractivity contribution in [3.63, 3.8) is 0 Å². The smallest absolute Gasteiger partial charge is 0.330 e. The number of carbonyl (C=O) groups is 1. The molecule has 0 aromatic heterocycles. The monoisotopic (exact) mass is 296 g/mol. The van der Waals surface area contributed by atoms with Crippen molar-refractivity contribution in [2.75, 3.05) is 14.1 Å². The van der Waals surface area contributed by atoms with E-state index in [2.05, 4.69) is 23.0 Å². The largest absolute Gasteiger partial charge is 0.333 e. The van der Waals surface area contributed by atoms with Gasteiger partial charge in [-0.3, -0.25) is 5.43 Å². The summed E-state index contributed by atoms with van der Waals surface area (Å²) in [7, 11) is 3.41. The summed E-state index contributed by atoms with van der Waals surface area (Å²) in [4.78, 5) is 13.0. The Morgan fingerprint density at radius 3 is 2.84 bits per heavy atom. The highest BCUT2D eigenvalue weighted by molar-refractivity contribution is 8.21. The van der Waals surface area contributed by atoms with Crippen LogP contribution < -0.4 is 10.9 Å². The fourth-order valence-corrected chi connectivity index (χ4v) is 3.06. The second kappa shape index (κ2) is 6.74. The molecule has 1 aromatic carbocycles. The first kappa shape index (κ1) is 14.1. The summed E-state index contributed by atoms with van der Waals surface area (Å²) in [6, 6.07) is 10.1. The standard InChI is InChI=1S/C12H16N4OS2/c1-15(2)12(17)14-16-13-8-11(19-16)18-9-10-6-4-3-5-7-10/h3-8,13H,9H2,1-2H3,(H,14,17). The first-order valence-electron chi connectivity index (χ1n) is 5.74. The first-order valence-corrected chi connectivity index (χ1v) is 7.50. The van der Waals surface area contributed by atoms with Crippen LogP contribution in [0.25, 0.3) is 0 Å². The van der Waals surface area contributed by atoms with Gasteiger partial charge in [-0.05, 0) is 5.56 Å². The Morgan fingerprint density at radius 2 is 2.16 bits per heavy atom. The van der Waals surface area contributed by atoms with E-state index in [-0.39, 0.29) is 6.03 Å². The van der Waals surface area contributed by atoms with E-state index < -0.39 is 0 Å². The fraction of sp³-hybridized carbons (Fsp3) is 0.250. The van der Waals surface area contributed by atoms with Crippen molar-refractivity contribution in [1.29, 1.82) is 0 Å². The fourth-order valence-electron chi connectivity index (χ4n) is 1.29. The van der Waals surface area contributed by atoms with Gasteiger partial charge in [0.1, 0.15) is 0 Å². The van der Waals surface area contributed by atoms with Crippen molar-refractivity contribution in [2.45, 2.75) is 5.75 Å². The summed E-state index contributed by atoms with van der Waals surface area (Å²) in [5.41, 5.74) is 6.98. The molecular formula is C12H16N4OS2. The van der Waals surface area contributed by atoms with Crippen LogP contribution in [0.5, 0.6) is 0 Å². The van der Waals surface area contributed by atoms with Crippen LogP contribution in [0.2, 0.25) is 0 Å². The molecule has 1 heterocycles. The van der Waals surface area contributed by atoms with E-state index in [1.54, 1.807) is 30.4 Å². The quantitative estimate of drug-likeness (QED) is 0.835. The lowest BCUT2D eigenvalue weighted by atomic mass is 10.2. The molecule has 0 bridgehead atoms. The Labute approximate surface area is 121 Å². The number of hydrogen-bond donors (Lipinski definition) is 2. The minimum atomic E-state index is -0.164. The summed E-state index contributed by atoms with van der Waals surface area (Å²) in [5, 5.41) is 0. The van der Waals surface area contributed by atoms with Gasteiger partial charge in [-0.2, -0.15) is 0 Å². The molecule has 1 aromatic rings. The molecule has 0 saturated carbocycles. The zero-order chi connectivity index (χ0) is 13.7. The third kappa shape index (κ3) is 4.38. The van der Waals surface area contributed by atoms with Gasteiger partial charge in [0, 0.05) is 38.0 Å². The van der Waals surface area contributed by atoms with E-state index in [0.29, 0.717) is 0 Å². The molecule has 5 nitrogen and oxygen atoms in total. The highest BCUT2D eigenvalue weighted by Crippen LogP contribution is 2.34. The van der Waals surface area contributed by atoms with Gasteiger partial charge in [-0.25, -0.2) is 10.2 Å². The molecule has 1 aliphatic heterocycles. The highest BCUT2D eigenvalue weighted by Gasteiger charge is 2.18. The lowest BCUT2D eigenvalue weighted by Crippen LogP contribution is -2.46. The number of hydrogen-bond acceptors (Lipinski definition) is 5. The van der Waals surface area contributed by atoms with Gasteiger partial charge in [-0.1, -0.05) is 34.9 Å². The molecule has 7 heteroatoms. The van der Waals surface area contributed by atoms with E-state index in [9.17, 15) is 4.79 Å². The Hall–Kier alpha value is -1.31. The van der Waals surface area contributed by atoms with Crippen LogP contribution >= 0.6 is 23.7 Å². The number of thioether (sulfide) groups is 1. The zero-order valence-corrected chi connectivity index (χ0v) is 12.4. The number of nitrogens with zero attached hydrogens (tertiary/aromatic N) is 2. The Bertz CT molecular complexity index is 464. The van der Waals surface area contributed by atoms with Crippen molar-refractivity contribution < 1.29 is 4.79 Å². The molecule has 2 rings (SSSR count). The number of rotatable bonds is 4. The van der Waals surface area contributed by atoms with Gasteiger partial charge in [0.25, 0.3) is 0 Å². The molecule has 0 spiro atoms. The van der Waals surface area contributed by atoms with Crippen molar-refractivity contribution >= 4 is 29.7 Å². The maximum atomic E-state index is 11.5. The topological polar surface area (TPSA) is 47.6 Å². The molecule has 0 fully saturated rings. The van der Waals surface area contributed by atoms with Crippen LogP contribution in [0.1, 0.15) is 5.56 Å². The molecule has 0 radical (unpaired) electrons. The number of nitrogens with one attached hydrogen (secondary N) is 2. The summed E-state index contributed by atoms with van der Waals surface area (Å²) < 4.78 is 2.71. The first-order chi connectivity index (χ1) is 9.15. The number of hydrazine groups is 2. The zero-order valence-electron chi connectivity index (χ0n) is 10.8. The molecule has 2 amide bonds. The summed E-state index contributed by atoms with van der Waals surface area (Å²) in [6.45, 7) is 0. The number of carbonyl (C=O) groups excluding carboxylic acids is 1. The second-order valence-electron chi connectivity index (χ2n) is 4.06. The maximum Gasteiger partial charge on any atom is 0.333 e. The van der Waals surface area contributed by atoms with Crippen LogP contribution in [0.15, 0.2) is 40.8 Å². The Balaban J connectivity index is 1.74. The molecule has 0 atom stereocenters. The normalized spacial score (nSPS) is 14.7. The van der Waals surface area contributed by atoms with Crippen molar-refractivity contribution in [2.24, 2.45) is 0 Å². The number of benzene rings is 1. The van der Waals surface area contributed by atoms with Crippen LogP contribution in [-0.2, 0) is 5.75 Å². The van der Waals surface area contributed by atoms with Crippen LogP contribution in [0.3, 0.4) is 0 Å². The van der Waals surface area contributed by atoms with Gasteiger partial charge in [0.2, 0.25) is 0 Å². The summed E-state index contributed by atoms with van der Waals surface area (Å²) in [6.07, 6.45) is 1.88. The molecule has 1 aliphatic rings. The van der Waals surface area contributed by atoms with E-state index in [4.69, 9.17) is 0 Å². The van der Waals surface area contributed by atoms with Crippen molar-refractivity contribution in [3.8, 4) is 0 Å². The average molecular weight is 296 g/mol. The Morgan fingerprint density at radius 1 is 1.42 bits per heavy atom. The molecule has 102 valence electrons. The minimum Gasteiger partial charge on any atom is -0.330 e. The maximum absolute atomic E-state index is 11.5. The molecule has 0 aliphatic carbocycles. The van der Waals surface area contributed by atoms with Crippen LogP contribution in [-0.4, -0.2) is 29.5 Å². The van der Waals surface area contributed by atoms with Gasteiger partial charge < -0.3 is 4.90 Å². The van der Waals surface area contributed by atoms with E-state index in [0.717, 1.165) is 9.99 Å². The van der Waals surface area contributed by atoms with E-state index >= 15 is 0 Å². The van der Waals surface area contributed by atoms with Crippen molar-refractivity contribution in [3.05, 3.63) is 46.3 Å². The van der Waals surface area contributed by atoms with Crippen molar-refractivity contribution in [1.82, 2.24) is 20.3 Å². The van der Waals surface area contributed by atoms with E-state index in [1.807, 2.05) is 24.4 Å². The lowest BCUT2D eigenvalue weighted by Gasteiger charge is -2.18.